The molecule has 0 aromatic heterocycles. The second-order valence-electron chi connectivity index (χ2n) is 14.1. The van der Waals surface area contributed by atoms with Gasteiger partial charge in [-0.2, -0.15) is 0 Å². The lowest BCUT2D eigenvalue weighted by molar-refractivity contribution is -0.143. The van der Waals surface area contributed by atoms with Crippen molar-refractivity contribution in [3.05, 3.63) is 58.1 Å². The van der Waals surface area contributed by atoms with Gasteiger partial charge in [-0.05, 0) is 80.9 Å². The van der Waals surface area contributed by atoms with Crippen molar-refractivity contribution >= 4 is 41.3 Å². The molecule has 0 saturated carbocycles. The number of piperazine rings is 1. The summed E-state index contributed by atoms with van der Waals surface area (Å²) in [5.41, 5.74) is 3.19. The predicted octanol–water partition coefficient (Wildman–Crippen LogP) is 4.04. The van der Waals surface area contributed by atoms with Gasteiger partial charge >= 0.3 is 18.1 Å². The van der Waals surface area contributed by atoms with E-state index in [0.717, 1.165) is 43.6 Å². The number of hydrogen-bond donors (Lipinski definition) is 3. The lowest BCUT2D eigenvalue weighted by Gasteiger charge is -2.43. The molecule has 4 amide bonds. The third kappa shape index (κ3) is 9.06. The van der Waals surface area contributed by atoms with Crippen molar-refractivity contribution in [1.82, 2.24) is 24.5 Å². The molecule has 4 aliphatic heterocycles. The largest absolute Gasteiger partial charge is 0.506 e. The zero-order valence-electron chi connectivity index (χ0n) is 29.3. The van der Waals surface area contributed by atoms with Gasteiger partial charge in [0.25, 0.3) is 5.91 Å². The minimum Gasteiger partial charge on any atom is -0.506 e. The zero-order valence-corrected chi connectivity index (χ0v) is 30.0. The van der Waals surface area contributed by atoms with Crippen LogP contribution in [0.4, 0.5) is 15.3 Å². The van der Waals surface area contributed by atoms with E-state index in [1.54, 1.807) is 28.9 Å². The standard InChI is InChI=1S/C37H49ClN6O7/c1-25-22-26(23-30(38)34(25)47)24-32(35(48)42-20-18-41(19-21-42)28-7-12-40(13-8-28)14-11-33(45)46)51-37(50)43-15-9-29(10-16-43)44-17-6-27-4-2-3-5-31(27)39-36(44)49/h2-5,22-23,28-29,32,47H,6-21,24H2,1H3,(H,39,49)(H,45,46)/t32-/m1/s1. The molecule has 3 saturated heterocycles. The molecule has 0 unspecified atom stereocenters. The Hall–Kier alpha value is -4.07. The average Bonchev–Trinajstić information content (AvgIpc) is 3.30. The number of phenols is 1. The first kappa shape index (κ1) is 36.7. The fraction of sp³-hybridized carbons (Fsp3) is 0.568. The molecule has 4 heterocycles. The summed E-state index contributed by atoms with van der Waals surface area (Å²) in [6.07, 6.45) is 2.51. The fourth-order valence-electron chi connectivity index (χ4n) is 7.89. The summed E-state index contributed by atoms with van der Waals surface area (Å²) in [6.45, 7) is 7.86. The van der Waals surface area contributed by atoms with Crippen LogP contribution in [0.1, 0.15) is 48.8 Å². The summed E-state index contributed by atoms with van der Waals surface area (Å²) in [5.74, 6) is -1.06. The number of amides is 4. The summed E-state index contributed by atoms with van der Waals surface area (Å²) in [4.78, 5) is 61.6. The first-order valence-electron chi connectivity index (χ1n) is 18.1. The maximum atomic E-state index is 14.1. The fourth-order valence-corrected chi connectivity index (χ4v) is 8.18. The topological polar surface area (TPSA) is 146 Å². The quantitative estimate of drug-likeness (QED) is 0.349. The molecule has 0 bridgehead atoms. The van der Waals surface area contributed by atoms with Crippen molar-refractivity contribution in [2.45, 2.75) is 70.1 Å². The second-order valence-corrected chi connectivity index (χ2v) is 14.6. The minimum atomic E-state index is -1.07. The molecule has 13 nitrogen and oxygen atoms in total. The molecule has 2 aromatic rings. The Balaban J connectivity index is 1.05. The van der Waals surface area contributed by atoms with Crippen LogP contribution < -0.4 is 5.32 Å². The van der Waals surface area contributed by atoms with Crippen LogP contribution in [0.25, 0.3) is 0 Å². The number of carbonyl (C=O) groups excluding carboxylic acids is 3. The van der Waals surface area contributed by atoms with E-state index in [-0.39, 0.29) is 41.6 Å². The van der Waals surface area contributed by atoms with Crippen molar-refractivity contribution in [2.75, 3.05) is 70.8 Å². The number of benzene rings is 2. The Morgan fingerprint density at radius 2 is 1.61 bits per heavy atom. The van der Waals surface area contributed by atoms with Crippen molar-refractivity contribution in [2.24, 2.45) is 0 Å². The van der Waals surface area contributed by atoms with E-state index in [0.29, 0.717) is 82.4 Å². The number of piperidine rings is 2. The number of phenolic OH excluding ortho intramolecular Hbond substituents is 1. The number of aromatic hydroxyl groups is 1. The van der Waals surface area contributed by atoms with Crippen molar-refractivity contribution in [1.29, 1.82) is 0 Å². The van der Waals surface area contributed by atoms with E-state index in [1.165, 1.54) is 0 Å². The molecule has 4 aliphatic rings. The van der Waals surface area contributed by atoms with E-state index in [4.69, 9.17) is 21.4 Å². The molecule has 6 rings (SSSR count). The number of carbonyl (C=O) groups is 4. The Morgan fingerprint density at radius 1 is 0.922 bits per heavy atom. The number of carboxylic acid groups (broad SMARTS) is 1. The first-order chi connectivity index (χ1) is 24.5. The molecule has 0 radical (unpaired) electrons. The highest BCUT2D eigenvalue weighted by Gasteiger charge is 2.36. The van der Waals surface area contributed by atoms with Crippen LogP contribution in [0.2, 0.25) is 5.02 Å². The van der Waals surface area contributed by atoms with Crippen molar-refractivity contribution < 1.29 is 34.1 Å². The predicted molar refractivity (Wildman–Crippen MR) is 192 cm³/mol. The summed E-state index contributed by atoms with van der Waals surface area (Å²) in [7, 11) is 0. The number of fused-ring (bicyclic) bond motifs is 1. The minimum absolute atomic E-state index is 0.0174. The maximum Gasteiger partial charge on any atom is 0.410 e. The molecule has 3 N–H and O–H groups in total. The van der Waals surface area contributed by atoms with E-state index < -0.39 is 18.2 Å². The number of aryl methyl sites for hydroxylation is 1. The molecule has 1 atom stereocenters. The molecule has 276 valence electrons. The van der Waals surface area contributed by atoms with Crippen LogP contribution in [0.3, 0.4) is 0 Å². The monoisotopic (exact) mass is 724 g/mol. The number of anilines is 1. The van der Waals surface area contributed by atoms with E-state index in [9.17, 15) is 24.3 Å². The third-order valence-corrected chi connectivity index (χ3v) is 11.2. The van der Waals surface area contributed by atoms with E-state index in [1.807, 2.05) is 29.2 Å². The summed E-state index contributed by atoms with van der Waals surface area (Å²) >= 11 is 6.28. The molecule has 2 aromatic carbocycles. The number of nitrogens with zero attached hydrogens (tertiary/aromatic N) is 5. The van der Waals surface area contributed by atoms with Crippen molar-refractivity contribution in [3.8, 4) is 5.75 Å². The highest BCUT2D eigenvalue weighted by atomic mass is 35.5. The molecule has 51 heavy (non-hydrogen) atoms. The van der Waals surface area contributed by atoms with Gasteiger partial charge in [0, 0.05) is 76.5 Å². The summed E-state index contributed by atoms with van der Waals surface area (Å²) in [5, 5.41) is 22.4. The molecule has 0 spiro atoms. The number of urea groups is 1. The van der Waals surface area contributed by atoms with Crippen LogP contribution in [0, 0.1) is 6.92 Å². The Morgan fingerprint density at radius 3 is 2.29 bits per heavy atom. The SMILES string of the molecule is Cc1cc(C[C@@H](OC(=O)N2CCC(N3CCc4ccccc4NC3=O)CC2)C(=O)N2CCN(C3CCN(CCC(=O)O)CC3)CC2)cc(Cl)c1O. The van der Waals surface area contributed by atoms with Crippen LogP contribution >= 0.6 is 11.6 Å². The number of nitrogens with one attached hydrogen (secondary N) is 1. The highest BCUT2D eigenvalue weighted by molar-refractivity contribution is 6.32. The number of likely N-dealkylation sites (tertiary alicyclic amines) is 2. The van der Waals surface area contributed by atoms with Gasteiger partial charge in [0.05, 0.1) is 11.4 Å². The van der Waals surface area contributed by atoms with E-state index in [2.05, 4.69) is 15.1 Å². The first-order valence-corrected chi connectivity index (χ1v) is 18.5. The Bertz CT molecular complexity index is 1560. The van der Waals surface area contributed by atoms with Crippen LogP contribution in [0.15, 0.2) is 36.4 Å². The average molecular weight is 725 g/mol. The van der Waals surface area contributed by atoms with Gasteiger partial charge in [-0.15, -0.1) is 0 Å². The number of aliphatic carboxylic acids is 1. The van der Waals surface area contributed by atoms with E-state index >= 15 is 0 Å². The third-order valence-electron chi connectivity index (χ3n) is 10.9. The van der Waals surface area contributed by atoms with Gasteiger partial charge in [0.1, 0.15) is 5.75 Å². The molecular formula is C37H49ClN6O7. The molecular weight excluding hydrogens is 676 g/mol. The van der Waals surface area contributed by atoms with Crippen molar-refractivity contribution in [3.63, 3.8) is 0 Å². The summed E-state index contributed by atoms with van der Waals surface area (Å²) < 4.78 is 6.01. The normalized spacial score (nSPS) is 20.4. The van der Waals surface area contributed by atoms with Gasteiger partial charge in [0.15, 0.2) is 6.10 Å². The number of rotatable bonds is 9. The number of carboxylic acids is 1. The number of halogens is 1. The molecule has 0 aliphatic carbocycles. The second kappa shape index (κ2) is 16.5. The lowest BCUT2D eigenvalue weighted by Crippen LogP contribution is -2.56. The number of hydrogen-bond acceptors (Lipinski definition) is 8. The summed E-state index contributed by atoms with van der Waals surface area (Å²) in [6, 6.07) is 11.4. The number of ether oxygens (including phenoxy) is 1. The van der Waals surface area contributed by atoms with Gasteiger partial charge in [-0.1, -0.05) is 35.9 Å². The van der Waals surface area contributed by atoms with Gasteiger partial charge in [-0.3, -0.25) is 14.5 Å². The lowest BCUT2D eigenvalue weighted by atomic mass is 10.0. The molecule has 14 heteroatoms. The highest BCUT2D eigenvalue weighted by Crippen LogP contribution is 2.30. The molecule has 3 fully saturated rings. The van der Waals surface area contributed by atoms with Gasteiger partial charge in [0.2, 0.25) is 0 Å². The smallest absolute Gasteiger partial charge is 0.410 e. The van der Waals surface area contributed by atoms with Crippen LogP contribution in [-0.4, -0.2) is 142 Å². The Labute approximate surface area is 304 Å². The van der Waals surface area contributed by atoms with Crippen LogP contribution in [0.5, 0.6) is 5.75 Å². The van der Waals surface area contributed by atoms with Gasteiger partial charge in [-0.25, -0.2) is 9.59 Å². The maximum absolute atomic E-state index is 14.1. The number of para-hydroxylation sites is 1. The Kier molecular flexibility index (Phi) is 11.9. The zero-order chi connectivity index (χ0) is 36.1. The van der Waals surface area contributed by atoms with Gasteiger partial charge < -0.3 is 39.9 Å². The van der Waals surface area contributed by atoms with Crippen LogP contribution in [-0.2, 0) is 27.2 Å².